The van der Waals surface area contributed by atoms with Gasteiger partial charge >= 0.3 is 5.97 Å². The normalized spacial score (nSPS) is 11.3. The lowest BCUT2D eigenvalue weighted by atomic mass is 10.3. The molecule has 0 saturated heterocycles. The van der Waals surface area contributed by atoms with Crippen LogP contribution in [-0.4, -0.2) is 28.6 Å². The maximum absolute atomic E-state index is 10.7. The molecular weight excluding hydrogens is 278 g/mol. The minimum absolute atomic E-state index is 0.0905. The summed E-state index contributed by atoms with van der Waals surface area (Å²) in [5.41, 5.74) is 0. The van der Waals surface area contributed by atoms with E-state index in [1.54, 1.807) is 11.3 Å². The average Bonchev–Trinajstić information content (AvgIpc) is 2.49. The third kappa shape index (κ3) is 4.32. The van der Waals surface area contributed by atoms with Crippen molar-refractivity contribution in [1.29, 1.82) is 0 Å². The van der Waals surface area contributed by atoms with E-state index in [1.165, 1.54) is 4.88 Å². The molecule has 1 aromatic heterocycles. The molecule has 0 amide bonds. The second-order valence-electron chi connectivity index (χ2n) is 3.62. The highest BCUT2D eigenvalue weighted by Crippen LogP contribution is 2.21. The fourth-order valence-electron chi connectivity index (χ4n) is 1.23. The van der Waals surface area contributed by atoms with E-state index in [-0.39, 0.29) is 12.6 Å². The Labute approximate surface area is 102 Å². The number of carboxylic acid groups (broad SMARTS) is 1. The van der Waals surface area contributed by atoms with Gasteiger partial charge in [-0.25, -0.2) is 0 Å². The minimum Gasteiger partial charge on any atom is -0.480 e. The molecule has 0 atom stereocenters. The zero-order valence-corrected chi connectivity index (χ0v) is 11.1. The number of thiophene rings is 1. The van der Waals surface area contributed by atoms with Crippen LogP contribution in [0.3, 0.4) is 0 Å². The summed E-state index contributed by atoms with van der Waals surface area (Å²) in [6.45, 7) is 4.80. The summed E-state index contributed by atoms with van der Waals surface area (Å²) in [5.74, 6) is -0.778. The summed E-state index contributed by atoms with van der Waals surface area (Å²) in [5, 5.41) is 10.8. The Morgan fingerprint density at radius 2 is 2.33 bits per heavy atom. The van der Waals surface area contributed by atoms with Crippen LogP contribution in [0, 0.1) is 0 Å². The molecule has 0 radical (unpaired) electrons. The Balaban J connectivity index is 2.62. The van der Waals surface area contributed by atoms with Gasteiger partial charge in [0.05, 0.1) is 6.54 Å². The van der Waals surface area contributed by atoms with Crippen LogP contribution in [0.1, 0.15) is 18.7 Å². The Bertz CT molecular complexity index is 338. The number of aliphatic carboxylic acids is 1. The van der Waals surface area contributed by atoms with E-state index < -0.39 is 5.97 Å². The van der Waals surface area contributed by atoms with Crippen molar-refractivity contribution in [2.24, 2.45) is 0 Å². The third-order valence-electron chi connectivity index (χ3n) is 2.05. The van der Waals surface area contributed by atoms with Gasteiger partial charge in [-0.05, 0) is 35.8 Å². The van der Waals surface area contributed by atoms with Gasteiger partial charge in [-0.15, -0.1) is 11.3 Å². The van der Waals surface area contributed by atoms with Crippen molar-refractivity contribution in [3.8, 4) is 0 Å². The topological polar surface area (TPSA) is 40.5 Å². The zero-order chi connectivity index (χ0) is 11.4. The Hall–Kier alpha value is -0.390. The monoisotopic (exact) mass is 291 g/mol. The van der Waals surface area contributed by atoms with Gasteiger partial charge < -0.3 is 5.11 Å². The first-order chi connectivity index (χ1) is 6.99. The van der Waals surface area contributed by atoms with Crippen molar-refractivity contribution in [1.82, 2.24) is 4.90 Å². The van der Waals surface area contributed by atoms with Gasteiger partial charge in [0.1, 0.15) is 0 Å². The highest BCUT2D eigenvalue weighted by Gasteiger charge is 2.14. The molecule has 1 aromatic rings. The molecule has 1 N–H and O–H groups in total. The molecule has 0 unspecified atom stereocenters. The molecule has 0 spiro atoms. The van der Waals surface area contributed by atoms with E-state index >= 15 is 0 Å². The van der Waals surface area contributed by atoms with Gasteiger partial charge in [-0.1, -0.05) is 0 Å². The van der Waals surface area contributed by atoms with Crippen LogP contribution >= 0.6 is 27.3 Å². The lowest BCUT2D eigenvalue weighted by molar-refractivity contribution is -0.138. The Kier molecular flexibility index (Phi) is 4.76. The van der Waals surface area contributed by atoms with Crippen LogP contribution in [0.15, 0.2) is 15.9 Å². The van der Waals surface area contributed by atoms with Gasteiger partial charge in [0.25, 0.3) is 0 Å². The zero-order valence-electron chi connectivity index (χ0n) is 8.74. The molecule has 0 aliphatic heterocycles. The van der Waals surface area contributed by atoms with E-state index in [9.17, 15) is 4.79 Å². The van der Waals surface area contributed by atoms with Crippen molar-refractivity contribution < 1.29 is 9.90 Å². The van der Waals surface area contributed by atoms with Crippen LogP contribution in [0.5, 0.6) is 0 Å². The molecule has 3 nitrogen and oxygen atoms in total. The maximum atomic E-state index is 10.7. The number of carbonyl (C=O) groups is 1. The van der Waals surface area contributed by atoms with E-state index in [1.807, 2.05) is 30.2 Å². The largest absolute Gasteiger partial charge is 0.480 e. The number of halogens is 1. The van der Waals surface area contributed by atoms with Gasteiger partial charge in [0.15, 0.2) is 0 Å². The van der Waals surface area contributed by atoms with Crippen molar-refractivity contribution in [3.63, 3.8) is 0 Å². The third-order valence-corrected chi connectivity index (χ3v) is 3.73. The molecule has 1 heterocycles. The molecule has 0 aliphatic carbocycles. The van der Waals surface area contributed by atoms with Crippen LogP contribution in [0.2, 0.25) is 0 Å². The first-order valence-electron chi connectivity index (χ1n) is 4.68. The smallest absolute Gasteiger partial charge is 0.317 e. The molecule has 0 aromatic carbocycles. The lowest BCUT2D eigenvalue weighted by Crippen LogP contribution is -2.34. The molecule has 15 heavy (non-hydrogen) atoms. The van der Waals surface area contributed by atoms with Crippen molar-refractivity contribution in [3.05, 3.63) is 20.8 Å². The van der Waals surface area contributed by atoms with Crippen molar-refractivity contribution >= 4 is 33.2 Å². The predicted molar refractivity (Wildman–Crippen MR) is 65.2 cm³/mol. The number of nitrogens with zero attached hydrogens (tertiary/aromatic N) is 1. The highest BCUT2D eigenvalue weighted by molar-refractivity contribution is 9.10. The van der Waals surface area contributed by atoms with Crippen molar-refractivity contribution in [2.75, 3.05) is 6.54 Å². The summed E-state index contributed by atoms with van der Waals surface area (Å²) in [7, 11) is 0. The van der Waals surface area contributed by atoms with Crippen LogP contribution < -0.4 is 0 Å². The number of hydrogen-bond donors (Lipinski definition) is 1. The fraction of sp³-hybridized carbons (Fsp3) is 0.500. The lowest BCUT2D eigenvalue weighted by Gasteiger charge is -2.23. The number of rotatable bonds is 5. The van der Waals surface area contributed by atoms with Gasteiger partial charge in [-0.2, -0.15) is 0 Å². The molecule has 0 saturated carbocycles. The summed E-state index contributed by atoms with van der Waals surface area (Å²) in [4.78, 5) is 13.8. The predicted octanol–water partition coefficient (Wildman–Crippen LogP) is 2.81. The maximum Gasteiger partial charge on any atom is 0.317 e. The van der Waals surface area contributed by atoms with Gasteiger partial charge in [0, 0.05) is 27.3 Å². The second kappa shape index (κ2) is 5.63. The molecule has 84 valence electrons. The molecule has 5 heteroatoms. The SMILES string of the molecule is CC(C)N(CC(=O)O)Cc1cc(Br)cs1. The fourth-order valence-corrected chi connectivity index (χ4v) is 2.71. The Morgan fingerprint density at radius 1 is 1.67 bits per heavy atom. The summed E-state index contributed by atoms with van der Waals surface area (Å²) < 4.78 is 1.06. The van der Waals surface area contributed by atoms with E-state index in [0.29, 0.717) is 6.54 Å². The molecule has 0 aliphatic rings. The molecule has 0 fully saturated rings. The Morgan fingerprint density at radius 3 is 2.73 bits per heavy atom. The summed E-state index contributed by atoms with van der Waals surface area (Å²) >= 11 is 5.03. The number of carboxylic acids is 1. The van der Waals surface area contributed by atoms with E-state index in [4.69, 9.17) is 5.11 Å². The minimum atomic E-state index is -0.778. The molecule has 1 rings (SSSR count). The summed E-state index contributed by atoms with van der Waals surface area (Å²) in [6, 6.07) is 2.27. The van der Waals surface area contributed by atoms with E-state index in [0.717, 1.165) is 4.47 Å². The van der Waals surface area contributed by atoms with Gasteiger partial charge in [0.2, 0.25) is 0 Å². The first kappa shape index (κ1) is 12.7. The van der Waals surface area contributed by atoms with Gasteiger partial charge in [-0.3, -0.25) is 9.69 Å². The van der Waals surface area contributed by atoms with E-state index in [2.05, 4.69) is 15.9 Å². The second-order valence-corrected chi connectivity index (χ2v) is 5.54. The molecular formula is C10H14BrNO2S. The number of hydrogen-bond acceptors (Lipinski definition) is 3. The summed E-state index contributed by atoms with van der Waals surface area (Å²) in [6.07, 6.45) is 0. The van der Waals surface area contributed by atoms with Crippen LogP contribution in [0.25, 0.3) is 0 Å². The molecule has 0 bridgehead atoms. The van der Waals surface area contributed by atoms with Crippen molar-refractivity contribution in [2.45, 2.75) is 26.4 Å². The van der Waals surface area contributed by atoms with Crippen LogP contribution in [0.4, 0.5) is 0 Å². The standard InChI is InChI=1S/C10H14BrNO2S/c1-7(2)12(5-10(13)14)4-9-3-8(11)6-15-9/h3,6-7H,4-5H2,1-2H3,(H,13,14). The first-order valence-corrected chi connectivity index (χ1v) is 6.35. The quantitative estimate of drug-likeness (QED) is 0.907. The average molecular weight is 292 g/mol. The van der Waals surface area contributed by atoms with Crippen LogP contribution in [-0.2, 0) is 11.3 Å². The highest BCUT2D eigenvalue weighted by atomic mass is 79.9.